The number of rotatable bonds is 3. The van der Waals surface area contributed by atoms with Crippen LogP contribution in [0.1, 0.15) is 5.69 Å². The molecule has 6 heteroatoms. The fraction of sp³-hybridized carbons (Fsp3) is 0.0714. The number of halogens is 2. The summed E-state index contributed by atoms with van der Waals surface area (Å²) in [5, 5.41) is 0.664. The van der Waals surface area contributed by atoms with Gasteiger partial charge in [0.2, 0.25) is 0 Å². The molecule has 0 spiro atoms. The van der Waals surface area contributed by atoms with Crippen molar-refractivity contribution in [2.75, 3.05) is 5.73 Å². The average Bonchev–Trinajstić information content (AvgIpc) is 2.79. The summed E-state index contributed by atoms with van der Waals surface area (Å²) in [6, 6.07) is 8.08. The first-order chi connectivity index (χ1) is 9.61. The van der Waals surface area contributed by atoms with Gasteiger partial charge in [-0.2, -0.15) is 0 Å². The highest BCUT2D eigenvalue weighted by Gasteiger charge is 2.06. The van der Waals surface area contributed by atoms with Crippen molar-refractivity contribution in [2.24, 2.45) is 0 Å². The van der Waals surface area contributed by atoms with Crippen LogP contribution < -0.4 is 5.73 Å². The largest absolute Gasteiger partial charge is 0.398 e. The molecule has 0 saturated carbocycles. The van der Waals surface area contributed by atoms with E-state index in [0.29, 0.717) is 16.5 Å². The highest BCUT2D eigenvalue weighted by atomic mass is 35.5. The van der Waals surface area contributed by atoms with Crippen LogP contribution in [0.5, 0.6) is 0 Å². The number of nitrogen functional groups attached to an aromatic ring is 1. The highest BCUT2D eigenvalue weighted by Crippen LogP contribution is 2.28. The molecule has 102 valence electrons. The third kappa shape index (κ3) is 2.73. The Kier molecular flexibility index (Phi) is 3.54. The Morgan fingerprint density at radius 1 is 1.25 bits per heavy atom. The molecule has 0 saturated heterocycles. The zero-order chi connectivity index (χ0) is 14.1. The van der Waals surface area contributed by atoms with Gasteiger partial charge in [0.25, 0.3) is 0 Å². The number of hydrogen-bond acceptors (Lipinski definition) is 3. The summed E-state index contributed by atoms with van der Waals surface area (Å²) in [6.45, 7) is 0. The Morgan fingerprint density at radius 2 is 2.10 bits per heavy atom. The number of benzene rings is 1. The van der Waals surface area contributed by atoms with Gasteiger partial charge >= 0.3 is 0 Å². The van der Waals surface area contributed by atoms with Crippen LogP contribution >= 0.6 is 23.4 Å². The molecule has 1 aromatic carbocycles. The fourth-order valence-corrected chi connectivity index (χ4v) is 2.89. The van der Waals surface area contributed by atoms with Crippen LogP contribution in [0, 0.1) is 5.82 Å². The number of pyridine rings is 1. The van der Waals surface area contributed by atoms with Crippen LogP contribution in [-0.4, -0.2) is 9.38 Å². The summed E-state index contributed by atoms with van der Waals surface area (Å²) >= 11 is 7.46. The number of nitrogens with two attached hydrogens (primary N) is 1. The van der Waals surface area contributed by atoms with E-state index in [1.807, 2.05) is 22.9 Å². The molecule has 3 nitrogen and oxygen atoms in total. The molecule has 0 aliphatic carbocycles. The maximum Gasteiger partial charge on any atom is 0.137 e. The minimum Gasteiger partial charge on any atom is -0.398 e. The molecule has 0 fully saturated rings. The number of thioether (sulfide) groups is 1. The topological polar surface area (TPSA) is 43.3 Å². The van der Waals surface area contributed by atoms with Crippen molar-refractivity contribution < 1.29 is 4.39 Å². The Labute approximate surface area is 124 Å². The lowest BCUT2D eigenvalue weighted by molar-refractivity contribution is 0.627. The summed E-state index contributed by atoms with van der Waals surface area (Å²) < 4.78 is 14.9. The average molecular weight is 308 g/mol. The summed E-state index contributed by atoms with van der Waals surface area (Å²) in [5.41, 5.74) is 7.98. The molecule has 2 N–H and O–H groups in total. The Balaban J connectivity index is 1.79. The van der Waals surface area contributed by atoms with Crippen molar-refractivity contribution in [3.8, 4) is 0 Å². The Bertz CT molecular complexity index is 772. The predicted molar refractivity (Wildman–Crippen MR) is 80.6 cm³/mol. The van der Waals surface area contributed by atoms with Crippen LogP contribution in [0.2, 0.25) is 5.02 Å². The first-order valence-electron chi connectivity index (χ1n) is 5.93. The van der Waals surface area contributed by atoms with Gasteiger partial charge < -0.3 is 10.1 Å². The lowest BCUT2D eigenvalue weighted by Gasteiger charge is -2.03. The molecule has 0 bridgehead atoms. The van der Waals surface area contributed by atoms with Gasteiger partial charge in [0.05, 0.1) is 10.7 Å². The second-order valence-electron chi connectivity index (χ2n) is 4.32. The molecule has 3 aromatic rings. The van der Waals surface area contributed by atoms with Crippen LogP contribution in [0.4, 0.5) is 10.1 Å². The van der Waals surface area contributed by atoms with Gasteiger partial charge in [-0.1, -0.05) is 11.6 Å². The van der Waals surface area contributed by atoms with E-state index in [0.717, 1.165) is 16.2 Å². The summed E-state index contributed by atoms with van der Waals surface area (Å²) in [4.78, 5) is 5.33. The van der Waals surface area contributed by atoms with E-state index in [2.05, 4.69) is 4.98 Å². The maximum atomic E-state index is 13.0. The SMILES string of the molecule is Nc1cc(F)ccc1SCc1cn2cc(Cl)ccc2n1. The first kappa shape index (κ1) is 13.3. The minimum atomic E-state index is -0.325. The van der Waals surface area contributed by atoms with Crippen LogP contribution in [0.3, 0.4) is 0 Å². The minimum absolute atomic E-state index is 0.325. The monoisotopic (exact) mass is 307 g/mol. The van der Waals surface area contributed by atoms with E-state index in [-0.39, 0.29) is 5.82 Å². The standard InChI is InChI=1S/C14H11ClFN3S/c15-9-1-4-14-18-11(7-19(14)6-9)8-20-13-3-2-10(16)5-12(13)17/h1-7H,8,17H2. The zero-order valence-corrected chi connectivity index (χ0v) is 12.0. The van der Waals surface area contributed by atoms with Gasteiger partial charge in [-0.25, -0.2) is 9.37 Å². The third-order valence-electron chi connectivity index (χ3n) is 2.81. The molecule has 3 rings (SSSR count). The second kappa shape index (κ2) is 5.34. The summed E-state index contributed by atoms with van der Waals surface area (Å²) in [5.74, 6) is 0.337. The van der Waals surface area contributed by atoms with Gasteiger partial charge in [0.1, 0.15) is 11.5 Å². The smallest absolute Gasteiger partial charge is 0.137 e. The van der Waals surface area contributed by atoms with E-state index in [1.54, 1.807) is 12.1 Å². The van der Waals surface area contributed by atoms with E-state index < -0.39 is 0 Å². The van der Waals surface area contributed by atoms with Crippen molar-refractivity contribution in [1.82, 2.24) is 9.38 Å². The fourth-order valence-electron chi connectivity index (χ4n) is 1.89. The predicted octanol–water partition coefficient (Wildman–Crippen LogP) is 4.00. The van der Waals surface area contributed by atoms with Crippen molar-refractivity contribution in [3.05, 3.63) is 59.3 Å². The molecule has 2 aromatic heterocycles. The van der Waals surface area contributed by atoms with Crippen LogP contribution in [0.15, 0.2) is 47.6 Å². The summed E-state index contributed by atoms with van der Waals surface area (Å²) in [7, 11) is 0. The van der Waals surface area contributed by atoms with E-state index in [4.69, 9.17) is 17.3 Å². The maximum absolute atomic E-state index is 13.0. The number of nitrogens with zero attached hydrogens (tertiary/aromatic N) is 2. The van der Waals surface area contributed by atoms with E-state index >= 15 is 0 Å². The highest BCUT2D eigenvalue weighted by molar-refractivity contribution is 7.98. The molecule has 0 amide bonds. The van der Waals surface area contributed by atoms with E-state index in [9.17, 15) is 4.39 Å². The first-order valence-corrected chi connectivity index (χ1v) is 7.29. The van der Waals surface area contributed by atoms with Crippen molar-refractivity contribution in [3.63, 3.8) is 0 Å². The molecule has 0 unspecified atom stereocenters. The van der Waals surface area contributed by atoms with Crippen molar-refractivity contribution in [1.29, 1.82) is 0 Å². The molecular weight excluding hydrogens is 297 g/mol. The molecule has 20 heavy (non-hydrogen) atoms. The normalized spacial score (nSPS) is 11.1. The molecular formula is C14H11ClFN3S. The quantitative estimate of drug-likeness (QED) is 0.587. The Morgan fingerprint density at radius 3 is 2.90 bits per heavy atom. The lowest BCUT2D eigenvalue weighted by Crippen LogP contribution is -1.90. The lowest BCUT2D eigenvalue weighted by atomic mass is 10.3. The summed E-state index contributed by atoms with van der Waals surface area (Å²) in [6.07, 6.45) is 3.73. The number of imidazole rings is 1. The van der Waals surface area contributed by atoms with Gasteiger partial charge in [-0.15, -0.1) is 11.8 Å². The second-order valence-corrected chi connectivity index (χ2v) is 5.77. The van der Waals surface area contributed by atoms with Crippen molar-refractivity contribution >= 4 is 34.7 Å². The molecule has 0 radical (unpaired) electrons. The van der Waals surface area contributed by atoms with Gasteiger partial charge in [-0.05, 0) is 30.3 Å². The Hall–Kier alpha value is -1.72. The van der Waals surface area contributed by atoms with Crippen LogP contribution in [0.25, 0.3) is 5.65 Å². The number of anilines is 1. The molecule has 0 aliphatic rings. The number of fused-ring (bicyclic) bond motifs is 1. The zero-order valence-electron chi connectivity index (χ0n) is 10.4. The molecule has 2 heterocycles. The molecule has 0 atom stereocenters. The van der Waals surface area contributed by atoms with Crippen LogP contribution in [-0.2, 0) is 5.75 Å². The van der Waals surface area contributed by atoms with E-state index in [1.165, 1.54) is 23.9 Å². The van der Waals surface area contributed by atoms with Gasteiger partial charge in [-0.3, -0.25) is 0 Å². The van der Waals surface area contributed by atoms with Crippen molar-refractivity contribution in [2.45, 2.75) is 10.6 Å². The number of aromatic nitrogens is 2. The van der Waals surface area contributed by atoms with Gasteiger partial charge in [0, 0.05) is 28.7 Å². The number of hydrogen-bond donors (Lipinski definition) is 1. The molecule has 0 aliphatic heterocycles. The van der Waals surface area contributed by atoms with Gasteiger partial charge in [0.15, 0.2) is 0 Å². The third-order valence-corrected chi connectivity index (χ3v) is 4.16.